The van der Waals surface area contributed by atoms with Gasteiger partial charge in [-0.25, -0.2) is 9.97 Å². The number of carbonyl (C=O) groups excluding carboxylic acids is 1. The Bertz CT molecular complexity index is 505. The van der Waals surface area contributed by atoms with Crippen LogP contribution < -0.4 is 5.32 Å². The molecule has 2 aromatic rings. The molecule has 0 spiro atoms. The van der Waals surface area contributed by atoms with Crippen molar-refractivity contribution in [1.29, 1.82) is 0 Å². The van der Waals surface area contributed by atoms with Crippen molar-refractivity contribution < 1.29 is 9.21 Å². The number of furan rings is 1. The van der Waals surface area contributed by atoms with E-state index in [0.29, 0.717) is 5.76 Å². The Hall–Kier alpha value is -2.17. The summed E-state index contributed by atoms with van der Waals surface area (Å²) in [5.41, 5.74) is 0.746. The molecule has 0 unspecified atom stereocenters. The molecule has 5 heteroatoms. The van der Waals surface area contributed by atoms with Crippen LogP contribution in [0.5, 0.6) is 0 Å². The maximum Gasteiger partial charge on any atom is 0.287 e. The number of hydrogen-bond acceptors (Lipinski definition) is 4. The lowest BCUT2D eigenvalue weighted by Crippen LogP contribution is -2.29. The topological polar surface area (TPSA) is 68.0 Å². The largest absolute Gasteiger partial charge is 0.451 e. The Morgan fingerprint density at radius 2 is 2.00 bits per heavy atom. The number of carbonyl (C=O) groups is 1. The quantitative estimate of drug-likeness (QED) is 0.875. The van der Waals surface area contributed by atoms with E-state index < -0.39 is 0 Å². The monoisotopic (exact) mass is 231 g/mol. The first kappa shape index (κ1) is 11.3. The summed E-state index contributed by atoms with van der Waals surface area (Å²) in [7, 11) is 0. The Labute approximate surface area is 98.9 Å². The van der Waals surface area contributed by atoms with E-state index in [9.17, 15) is 4.79 Å². The summed E-state index contributed by atoms with van der Waals surface area (Å²) < 4.78 is 5.44. The summed E-state index contributed by atoms with van der Waals surface area (Å²) in [6.07, 6.45) is 4.71. The van der Waals surface area contributed by atoms with E-state index in [4.69, 9.17) is 4.42 Å². The molecule has 0 aromatic carbocycles. The van der Waals surface area contributed by atoms with Gasteiger partial charge in [0.25, 0.3) is 5.91 Å². The van der Waals surface area contributed by atoms with Crippen molar-refractivity contribution in [3.63, 3.8) is 0 Å². The fraction of sp³-hybridized carbons (Fsp3) is 0.250. The number of aromatic nitrogens is 2. The minimum Gasteiger partial charge on any atom is -0.451 e. The van der Waals surface area contributed by atoms with Crippen molar-refractivity contribution in [3.8, 4) is 11.3 Å². The maximum absolute atomic E-state index is 11.7. The average Bonchev–Trinajstić information content (AvgIpc) is 2.78. The first-order valence-electron chi connectivity index (χ1n) is 5.33. The van der Waals surface area contributed by atoms with Gasteiger partial charge in [0.2, 0.25) is 0 Å². The predicted molar refractivity (Wildman–Crippen MR) is 62.3 cm³/mol. The number of nitrogens with zero attached hydrogens (tertiary/aromatic N) is 2. The zero-order valence-corrected chi connectivity index (χ0v) is 9.68. The summed E-state index contributed by atoms with van der Waals surface area (Å²) in [6, 6.07) is 3.45. The molecule has 0 fully saturated rings. The van der Waals surface area contributed by atoms with Crippen molar-refractivity contribution in [2.24, 2.45) is 0 Å². The molecular formula is C12H13N3O2. The molecule has 0 saturated carbocycles. The predicted octanol–water partition coefficient (Wildman–Crippen LogP) is 1.87. The molecule has 2 rings (SSSR count). The molecule has 0 bridgehead atoms. The van der Waals surface area contributed by atoms with Gasteiger partial charge < -0.3 is 9.73 Å². The Morgan fingerprint density at radius 1 is 1.29 bits per heavy atom. The van der Waals surface area contributed by atoms with Crippen LogP contribution in [0.1, 0.15) is 24.4 Å². The van der Waals surface area contributed by atoms with Crippen LogP contribution in [0.3, 0.4) is 0 Å². The fourth-order valence-electron chi connectivity index (χ4n) is 1.37. The average molecular weight is 231 g/mol. The third-order valence-electron chi connectivity index (χ3n) is 2.09. The van der Waals surface area contributed by atoms with E-state index in [-0.39, 0.29) is 17.7 Å². The molecule has 1 amide bonds. The second-order valence-electron chi connectivity index (χ2n) is 3.92. The van der Waals surface area contributed by atoms with E-state index >= 15 is 0 Å². The lowest BCUT2D eigenvalue weighted by Gasteiger charge is -2.05. The van der Waals surface area contributed by atoms with Crippen LogP contribution in [0.2, 0.25) is 0 Å². The number of nitrogens with one attached hydrogen (secondary N) is 1. The molecule has 0 radical (unpaired) electrons. The summed E-state index contributed by atoms with van der Waals surface area (Å²) in [6.45, 7) is 3.79. The highest BCUT2D eigenvalue weighted by Gasteiger charge is 2.12. The summed E-state index contributed by atoms with van der Waals surface area (Å²) in [4.78, 5) is 19.4. The molecule has 5 nitrogen and oxygen atoms in total. The molecule has 2 aromatic heterocycles. The minimum absolute atomic E-state index is 0.0797. The van der Waals surface area contributed by atoms with Crippen molar-refractivity contribution in [2.45, 2.75) is 19.9 Å². The van der Waals surface area contributed by atoms with Crippen LogP contribution in [0, 0.1) is 0 Å². The van der Waals surface area contributed by atoms with Crippen LogP contribution in [-0.4, -0.2) is 21.9 Å². The Kier molecular flexibility index (Phi) is 3.18. The lowest BCUT2D eigenvalue weighted by molar-refractivity contribution is 0.0916. The molecule has 2 heterocycles. The van der Waals surface area contributed by atoms with Gasteiger partial charge in [-0.15, -0.1) is 0 Å². The second kappa shape index (κ2) is 4.78. The normalized spacial score (nSPS) is 10.5. The molecule has 0 aliphatic rings. The molecule has 0 atom stereocenters. The molecule has 17 heavy (non-hydrogen) atoms. The zero-order valence-electron chi connectivity index (χ0n) is 9.68. The molecule has 88 valence electrons. The van der Waals surface area contributed by atoms with Crippen LogP contribution in [0.4, 0.5) is 0 Å². The first-order valence-corrected chi connectivity index (χ1v) is 5.33. The molecule has 0 saturated heterocycles. The number of hydrogen-bond donors (Lipinski definition) is 1. The van der Waals surface area contributed by atoms with Crippen molar-refractivity contribution in [2.75, 3.05) is 0 Å². The molecule has 0 aliphatic heterocycles. The van der Waals surface area contributed by atoms with Gasteiger partial charge in [0.1, 0.15) is 12.1 Å². The second-order valence-corrected chi connectivity index (χ2v) is 3.92. The van der Waals surface area contributed by atoms with Gasteiger partial charge in [0, 0.05) is 18.4 Å². The summed E-state index contributed by atoms with van der Waals surface area (Å²) in [5.74, 6) is 0.653. The van der Waals surface area contributed by atoms with Gasteiger partial charge in [0.05, 0.1) is 5.56 Å². The molecule has 1 N–H and O–H groups in total. The highest BCUT2D eigenvalue weighted by atomic mass is 16.3. The molecule has 0 aliphatic carbocycles. The zero-order chi connectivity index (χ0) is 12.3. The Morgan fingerprint density at radius 3 is 2.65 bits per heavy atom. The van der Waals surface area contributed by atoms with Gasteiger partial charge in [-0.3, -0.25) is 4.79 Å². The summed E-state index contributed by atoms with van der Waals surface area (Å²) >= 11 is 0. The van der Waals surface area contributed by atoms with Crippen LogP contribution in [-0.2, 0) is 0 Å². The van der Waals surface area contributed by atoms with E-state index in [0.717, 1.165) is 5.56 Å². The van der Waals surface area contributed by atoms with Gasteiger partial charge in [0.15, 0.2) is 5.76 Å². The highest BCUT2D eigenvalue weighted by molar-refractivity contribution is 5.92. The van der Waals surface area contributed by atoms with Gasteiger partial charge in [-0.05, 0) is 26.0 Å². The van der Waals surface area contributed by atoms with Crippen molar-refractivity contribution >= 4 is 5.91 Å². The SMILES string of the molecule is CC(C)NC(=O)c1ccc(-c2cncnc2)o1. The number of rotatable bonds is 3. The van der Waals surface area contributed by atoms with Crippen molar-refractivity contribution in [1.82, 2.24) is 15.3 Å². The number of amides is 1. The van der Waals surface area contributed by atoms with Crippen molar-refractivity contribution in [3.05, 3.63) is 36.6 Å². The van der Waals surface area contributed by atoms with Gasteiger partial charge >= 0.3 is 0 Å². The summed E-state index contributed by atoms with van der Waals surface area (Å²) in [5, 5.41) is 2.76. The van der Waals surface area contributed by atoms with E-state index in [1.165, 1.54) is 6.33 Å². The highest BCUT2D eigenvalue weighted by Crippen LogP contribution is 2.20. The van der Waals surface area contributed by atoms with Crippen LogP contribution in [0.25, 0.3) is 11.3 Å². The van der Waals surface area contributed by atoms with E-state index in [1.54, 1.807) is 24.5 Å². The third-order valence-corrected chi connectivity index (χ3v) is 2.09. The lowest BCUT2D eigenvalue weighted by atomic mass is 10.3. The van der Waals surface area contributed by atoms with Crippen LogP contribution in [0.15, 0.2) is 35.3 Å². The van der Waals surface area contributed by atoms with Gasteiger partial charge in [-0.1, -0.05) is 0 Å². The Balaban J connectivity index is 2.19. The van der Waals surface area contributed by atoms with Gasteiger partial charge in [-0.2, -0.15) is 0 Å². The molecular weight excluding hydrogens is 218 g/mol. The minimum atomic E-state index is -0.219. The third kappa shape index (κ3) is 2.69. The fourth-order valence-corrected chi connectivity index (χ4v) is 1.37. The maximum atomic E-state index is 11.7. The smallest absolute Gasteiger partial charge is 0.287 e. The van der Waals surface area contributed by atoms with E-state index in [2.05, 4.69) is 15.3 Å². The van der Waals surface area contributed by atoms with Crippen LogP contribution >= 0.6 is 0 Å². The first-order chi connectivity index (χ1) is 8.16. The standard InChI is InChI=1S/C12H13N3O2/c1-8(2)15-12(16)11-4-3-10(17-11)9-5-13-7-14-6-9/h3-8H,1-2H3,(H,15,16). The van der Waals surface area contributed by atoms with E-state index in [1.807, 2.05) is 13.8 Å².